The first-order valence-corrected chi connectivity index (χ1v) is 4.51. The van der Waals surface area contributed by atoms with Gasteiger partial charge in [-0.1, -0.05) is 12.1 Å². The Balaban J connectivity index is 2.92. The lowest BCUT2D eigenvalue weighted by Gasteiger charge is -2.14. The fourth-order valence-electron chi connectivity index (χ4n) is 1.07. The predicted octanol–water partition coefficient (Wildman–Crippen LogP) is 1.45. The number of halogens is 3. The SMILES string of the molecule is CN=C(NN)Nc1ccccc1OC(F)(F)F. The minimum absolute atomic E-state index is 0.100. The molecule has 0 unspecified atom stereocenters. The molecule has 0 atom stereocenters. The van der Waals surface area contributed by atoms with E-state index in [2.05, 4.69) is 20.5 Å². The Morgan fingerprint density at radius 3 is 2.53 bits per heavy atom. The second-order valence-electron chi connectivity index (χ2n) is 2.89. The monoisotopic (exact) mass is 248 g/mol. The summed E-state index contributed by atoms with van der Waals surface area (Å²) in [5.41, 5.74) is 2.29. The molecule has 0 aliphatic rings. The van der Waals surface area contributed by atoms with E-state index < -0.39 is 6.36 Å². The summed E-state index contributed by atoms with van der Waals surface area (Å²) in [5, 5.41) is 2.56. The highest BCUT2D eigenvalue weighted by Gasteiger charge is 2.32. The van der Waals surface area contributed by atoms with Gasteiger partial charge in [0, 0.05) is 7.05 Å². The van der Waals surface area contributed by atoms with Crippen LogP contribution in [-0.4, -0.2) is 19.4 Å². The molecule has 0 heterocycles. The van der Waals surface area contributed by atoms with Crippen LogP contribution in [0, 0.1) is 0 Å². The number of para-hydroxylation sites is 2. The Bertz CT molecular complexity index is 405. The molecule has 1 rings (SSSR count). The Morgan fingerprint density at radius 1 is 1.35 bits per heavy atom. The van der Waals surface area contributed by atoms with E-state index in [1.807, 2.05) is 0 Å². The van der Waals surface area contributed by atoms with Gasteiger partial charge in [0.1, 0.15) is 0 Å². The quantitative estimate of drug-likeness (QED) is 0.320. The van der Waals surface area contributed by atoms with Crippen LogP contribution in [0.25, 0.3) is 0 Å². The molecule has 0 aliphatic carbocycles. The number of aliphatic imine (C=N–C) groups is 1. The van der Waals surface area contributed by atoms with Crippen LogP contribution in [0.4, 0.5) is 18.9 Å². The zero-order valence-electron chi connectivity index (χ0n) is 8.88. The van der Waals surface area contributed by atoms with E-state index in [1.54, 1.807) is 6.07 Å². The number of rotatable bonds is 2. The van der Waals surface area contributed by atoms with E-state index >= 15 is 0 Å². The summed E-state index contributed by atoms with van der Waals surface area (Å²) in [6.07, 6.45) is -4.75. The van der Waals surface area contributed by atoms with Gasteiger partial charge >= 0.3 is 6.36 Å². The molecular weight excluding hydrogens is 237 g/mol. The van der Waals surface area contributed by atoms with E-state index in [0.717, 1.165) is 0 Å². The second-order valence-corrected chi connectivity index (χ2v) is 2.89. The van der Waals surface area contributed by atoms with Gasteiger partial charge in [-0.3, -0.25) is 10.4 Å². The van der Waals surface area contributed by atoms with Crippen molar-refractivity contribution in [3.63, 3.8) is 0 Å². The molecule has 0 bridgehead atoms. The summed E-state index contributed by atoms with van der Waals surface area (Å²) in [7, 11) is 1.43. The third-order valence-corrected chi connectivity index (χ3v) is 1.73. The molecule has 4 N–H and O–H groups in total. The maximum atomic E-state index is 12.1. The summed E-state index contributed by atoms with van der Waals surface area (Å²) in [5.74, 6) is 4.85. The van der Waals surface area contributed by atoms with Gasteiger partial charge in [-0.05, 0) is 12.1 Å². The van der Waals surface area contributed by atoms with Crippen molar-refractivity contribution in [3.8, 4) is 5.75 Å². The maximum absolute atomic E-state index is 12.1. The van der Waals surface area contributed by atoms with Gasteiger partial charge < -0.3 is 10.1 Å². The van der Waals surface area contributed by atoms with Gasteiger partial charge in [-0.15, -0.1) is 13.2 Å². The molecule has 0 saturated heterocycles. The molecule has 1 aromatic carbocycles. The van der Waals surface area contributed by atoms with Crippen LogP contribution in [0.5, 0.6) is 5.75 Å². The summed E-state index contributed by atoms with van der Waals surface area (Å²) >= 11 is 0. The Morgan fingerprint density at radius 2 is 2.00 bits per heavy atom. The zero-order valence-corrected chi connectivity index (χ0v) is 8.88. The average Bonchev–Trinajstić information content (AvgIpc) is 2.26. The molecule has 0 amide bonds. The van der Waals surface area contributed by atoms with Crippen LogP contribution >= 0.6 is 0 Å². The van der Waals surface area contributed by atoms with Crippen LogP contribution in [0.2, 0.25) is 0 Å². The number of hydrazine groups is 1. The number of hydrogen-bond donors (Lipinski definition) is 3. The molecule has 0 spiro atoms. The Kier molecular flexibility index (Phi) is 4.16. The number of hydrogen-bond acceptors (Lipinski definition) is 3. The topological polar surface area (TPSA) is 71.7 Å². The summed E-state index contributed by atoms with van der Waals surface area (Å²) < 4.78 is 40.1. The molecule has 0 aliphatic heterocycles. The minimum Gasteiger partial charge on any atom is -0.404 e. The predicted molar refractivity (Wildman–Crippen MR) is 57.4 cm³/mol. The molecule has 8 heteroatoms. The lowest BCUT2D eigenvalue weighted by atomic mass is 10.3. The highest BCUT2D eigenvalue weighted by molar-refractivity contribution is 5.94. The number of nitrogens with one attached hydrogen (secondary N) is 2. The Labute approximate surface area is 95.4 Å². The van der Waals surface area contributed by atoms with Crippen LogP contribution < -0.4 is 21.3 Å². The van der Waals surface area contributed by atoms with Crippen molar-refractivity contribution in [1.29, 1.82) is 0 Å². The smallest absolute Gasteiger partial charge is 0.404 e. The number of ether oxygens (including phenoxy) is 1. The molecule has 0 aromatic heterocycles. The van der Waals surface area contributed by atoms with E-state index in [0.29, 0.717) is 0 Å². The van der Waals surface area contributed by atoms with Gasteiger partial charge in [0.25, 0.3) is 0 Å². The largest absolute Gasteiger partial charge is 0.573 e. The molecule has 5 nitrogen and oxygen atoms in total. The van der Waals surface area contributed by atoms with Crippen LogP contribution in [0.1, 0.15) is 0 Å². The van der Waals surface area contributed by atoms with Crippen molar-refractivity contribution < 1.29 is 17.9 Å². The van der Waals surface area contributed by atoms with Crippen molar-refractivity contribution in [1.82, 2.24) is 5.43 Å². The number of nitrogens with zero attached hydrogens (tertiary/aromatic N) is 1. The standard InChI is InChI=1S/C9H11F3N4O/c1-14-8(16-13)15-6-4-2-3-5-7(6)17-9(10,11)12/h2-5H,13H2,1H3,(H2,14,15,16). The summed E-state index contributed by atoms with van der Waals surface area (Å²) in [6.45, 7) is 0. The summed E-state index contributed by atoms with van der Waals surface area (Å²) in [6, 6.07) is 5.56. The van der Waals surface area contributed by atoms with Crippen molar-refractivity contribution in [2.75, 3.05) is 12.4 Å². The number of nitrogens with two attached hydrogens (primary N) is 1. The lowest BCUT2D eigenvalue weighted by molar-refractivity contribution is -0.274. The molecule has 0 fully saturated rings. The van der Waals surface area contributed by atoms with E-state index in [9.17, 15) is 13.2 Å². The third-order valence-electron chi connectivity index (χ3n) is 1.73. The number of anilines is 1. The second kappa shape index (κ2) is 5.39. The highest BCUT2D eigenvalue weighted by Crippen LogP contribution is 2.29. The average molecular weight is 248 g/mol. The third kappa shape index (κ3) is 4.19. The fourth-order valence-corrected chi connectivity index (χ4v) is 1.07. The molecule has 1 aromatic rings. The van der Waals surface area contributed by atoms with Gasteiger partial charge in [0.15, 0.2) is 5.75 Å². The van der Waals surface area contributed by atoms with Gasteiger partial charge in [-0.2, -0.15) is 0 Å². The van der Waals surface area contributed by atoms with Crippen molar-refractivity contribution >= 4 is 11.6 Å². The minimum atomic E-state index is -4.75. The highest BCUT2D eigenvalue weighted by atomic mass is 19.4. The number of alkyl halides is 3. The van der Waals surface area contributed by atoms with Crippen LogP contribution in [-0.2, 0) is 0 Å². The molecule has 0 saturated carbocycles. The van der Waals surface area contributed by atoms with Crippen molar-refractivity contribution in [3.05, 3.63) is 24.3 Å². The maximum Gasteiger partial charge on any atom is 0.573 e. The van der Waals surface area contributed by atoms with Crippen molar-refractivity contribution in [2.45, 2.75) is 6.36 Å². The first kappa shape index (κ1) is 13.1. The summed E-state index contributed by atoms with van der Waals surface area (Å²) in [4.78, 5) is 3.67. The molecule has 94 valence electrons. The van der Waals surface area contributed by atoms with Gasteiger partial charge in [0.2, 0.25) is 5.96 Å². The van der Waals surface area contributed by atoms with E-state index in [-0.39, 0.29) is 17.4 Å². The first-order valence-electron chi connectivity index (χ1n) is 4.51. The molecule has 17 heavy (non-hydrogen) atoms. The van der Waals surface area contributed by atoms with Crippen molar-refractivity contribution in [2.24, 2.45) is 10.8 Å². The van der Waals surface area contributed by atoms with E-state index in [4.69, 9.17) is 5.84 Å². The Hall–Kier alpha value is -1.96. The van der Waals surface area contributed by atoms with Gasteiger partial charge in [-0.25, -0.2) is 5.84 Å². The molecule has 0 radical (unpaired) electrons. The molecular formula is C9H11F3N4O. The zero-order chi connectivity index (χ0) is 12.9. The first-order chi connectivity index (χ1) is 7.96. The number of guanidine groups is 1. The number of benzene rings is 1. The van der Waals surface area contributed by atoms with Gasteiger partial charge in [0.05, 0.1) is 5.69 Å². The van der Waals surface area contributed by atoms with Crippen LogP contribution in [0.15, 0.2) is 29.3 Å². The fraction of sp³-hybridized carbons (Fsp3) is 0.222. The normalized spacial score (nSPS) is 12.2. The lowest BCUT2D eigenvalue weighted by Crippen LogP contribution is -2.36. The van der Waals surface area contributed by atoms with E-state index in [1.165, 1.54) is 25.2 Å². The van der Waals surface area contributed by atoms with Crippen LogP contribution in [0.3, 0.4) is 0 Å².